The van der Waals surface area contributed by atoms with Crippen LogP contribution in [-0.4, -0.2) is 15.0 Å². The zero-order chi connectivity index (χ0) is 37.5. The van der Waals surface area contributed by atoms with Crippen LogP contribution in [0.15, 0.2) is 170 Å². The van der Waals surface area contributed by atoms with Crippen LogP contribution in [0.1, 0.15) is 43.2 Å². The maximum atomic E-state index is 7.63. The van der Waals surface area contributed by atoms with Gasteiger partial charge in [0.05, 0.1) is 6.57 Å². The van der Waals surface area contributed by atoms with Gasteiger partial charge >= 0.3 is 0 Å². The third kappa shape index (κ3) is 5.99. The number of hydrogen-bond donors (Lipinski definition) is 0. The summed E-state index contributed by atoms with van der Waals surface area (Å²) in [6.45, 7) is 7.63. The minimum absolute atomic E-state index is 0.0424. The van der Waals surface area contributed by atoms with Crippen LogP contribution in [0.2, 0.25) is 0 Å². The normalized spacial score (nSPS) is 13.8. The van der Waals surface area contributed by atoms with Gasteiger partial charge in [0.15, 0.2) is 23.2 Å². The summed E-state index contributed by atoms with van der Waals surface area (Å²) >= 11 is 0. The van der Waals surface area contributed by atoms with E-state index in [4.69, 9.17) is 21.5 Å². The second-order valence-corrected chi connectivity index (χ2v) is 15.0. The first-order valence-electron chi connectivity index (χ1n) is 19.5. The number of benzene rings is 7. The first-order chi connectivity index (χ1) is 27.6. The maximum Gasteiger partial charge on any atom is 0.187 e. The lowest BCUT2D eigenvalue weighted by Crippen LogP contribution is -2.28. The van der Waals surface area contributed by atoms with E-state index in [1.54, 1.807) is 0 Å². The van der Waals surface area contributed by atoms with Crippen molar-refractivity contribution in [3.63, 3.8) is 0 Å². The minimum Gasteiger partial charge on any atom is -0.238 e. The third-order valence-electron chi connectivity index (χ3n) is 11.8. The zero-order valence-corrected chi connectivity index (χ0v) is 31.0. The number of aromatic nitrogens is 3. The quantitative estimate of drug-likeness (QED) is 0.161. The summed E-state index contributed by atoms with van der Waals surface area (Å²) < 4.78 is 0. The highest BCUT2D eigenvalue weighted by molar-refractivity contribution is 5.86. The molecule has 0 unspecified atom stereocenters. The summed E-state index contributed by atoms with van der Waals surface area (Å²) in [4.78, 5) is 18.8. The van der Waals surface area contributed by atoms with Crippen LogP contribution in [0.5, 0.6) is 0 Å². The SMILES string of the molecule is [C-]#[N+]c1ccc2c(c1)-c1ccc(-c3ccc(-c4cccc(-c5nc(-c6ccccc6)nc(-c6ccc(-c7ccccc7)cc6)n5)c4)cc3)cc1C21CCCCC1. The summed E-state index contributed by atoms with van der Waals surface area (Å²) in [5, 5.41) is 0. The Morgan fingerprint density at radius 1 is 0.375 bits per heavy atom. The fourth-order valence-electron chi connectivity index (χ4n) is 8.92. The van der Waals surface area contributed by atoms with E-state index < -0.39 is 0 Å². The Kier molecular flexibility index (Phi) is 8.42. The van der Waals surface area contributed by atoms with Crippen LogP contribution in [0.25, 0.3) is 83.5 Å². The van der Waals surface area contributed by atoms with E-state index in [9.17, 15) is 0 Å². The lowest BCUT2D eigenvalue weighted by atomic mass is 9.67. The topological polar surface area (TPSA) is 43.0 Å². The van der Waals surface area contributed by atoms with Crippen LogP contribution in [-0.2, 0) is 5.41 Å². The molecule has 0 radical (unpaired) electrons. The lowest BCUT2D eigenvalue weighted by molar-refractivity contribution is 0.353. The minimum atomic E-state index is 0.0424. The second-order valence-electron chi connectivity index (χ2n) is 15.0. The average molecular weight is 719 g/mol. The Morgan fingerprint density at radius 2 is 0.857 bits per heavy atom. The van der Waals surface area contributed by atoms with Gasteiger partial charge in [-0.1, -0.05) is 171 Å². The van der Waals surface area contributed by atoms with Crippen molar-refractivity contribution in [1.82, 2.24) is 15.0 Å². The smallest absolute Gasteiger partial charge is 0.187 e. The molecule has 4 heteroatoms. The Balaban J connectivity index is 0.979. The summed E-state index contributed by atoms with van der Waals surface area (Å²) in [5.41, 5.74) is 16.0. The number of hydrogen-bond acceptors (Lipinski definition) is 3. The monoisotopic (exact) mass is 718 g/mol. The van der Waals surface area contributed by atoms with Crippen LogP contribution in [0.4, 0.5) is 5.69 Å². The van der Waals surface area contributed by atoms with Crippen LogP contribution in [0.3, 0.4) is 0 Å². The Hall–Kier alpha value is -6.96. The van der Waals surface area contributed by atoms with Gasteiger partial charge in [0.1, 0.15) is 0 Å². The predicted octanol–water partition coefficient (Wildman–Crippen LogP) is 13.7. The van der Waals surface area contributed by atoms with Crippen molar-refractivity contribution in [3.05, 3.63) is 192 Å². The molecule has 1 heterocycles. The fraction of sp³-hybridized carbons (Fsp3) is 0.115. The summed E-state index contributed by atoms with van der Waals surface area (Å²) in [5.74, 6) is 1.92. The molecule has 2 aliphatic carbocycles. The molecule has 266 valence electrons. The molecule has 10 rings (SSSR count). The predicted molar refractivity (Wildman–Crippen MR) is 228 cm³/mol. The van der Waals surface area contributed by atoms with Crippen LogP contribution in [0, 0.1) is 6.57 Å². The second kappa shape index (κ2) is 14.0. The molecule has 7 aromatic carbocycles. The lowest BCUT2D eigenvalue weighted by Gasteiger charge is -2.36. The molecule has 4 nitrogen and oxygen atoms in total. The van der Waals surface area contributed by atoms with Gasteiger partial charge < -0.3 is 0 Å². The molecule has 0 aliphatic heterocycles. The molecule has 1 fully saturated rings. The summed E-state index contributed by atoms with van der Waals surface area (Å²) in [6.07, 6.45) is 6.10. The maximum absolute atomic E-state index is 7.63. The van der Waals surface area contributed by atoms with E-state index in [0.29, 0.717) is 23.2 Å². The zero-order valence-electron chi connectivity index (χ0n) is 31.0. The summed E-state index contributed by atoms with van der Waals surface area (Å²) in [7, 11) is 0. The van der Waals surface area contributed by atoms with Gasteiger partial charge in [0.25, 0.3) is 0 Å². The molecule has 0 saturated heterocycles. The van der Waals surface area contributed by atoms with E-state index in [-0.39, 0.29) is 5.41 Å². The average Bonchev–Trinajstić information content (AvgIpc) is 3.54. The third-order valence-corrected chi connectivity index (χ3v) is 11.8. The Labute approximate surface area is 328 Å². The van der Waals surface area contributed by atoms with Crippen molar-refractivity contribution in [3.8, 4) is 78.7 Å². The van der Waals surface area contributed by atoms with Crippen molar-refractivity contribution < 1.29 is 0 Å². The van der Waals surface area contributed by atoms with Gasteiger partial charge in [-0.2, -0.15) is 0 Å². The largest absolute Gasteiger partial charge is 0.238 e. The molecule has 0 amide bonds. The Bertz CT molecular complexity index is 2760. The van der Waals surface area contributed by atoms with Crippen LogP contribution < -0.4 is 0 Å². The molecule has 1 saturated carbocycles. The van der Waals surface area contributed by atoms with Gasteiger partial charge in [-0.3, -0.25) is 0 Å². The number of nitrogens with zero attached hydrogens (tertiary/aromatic N) is 4. The Morgan fingerprint density at radius 3 is 1.50 bits per heavy atom. The number of rotatable bonds is 6. The molecule has 0 N–H and O–H groups in total. The van der Waals surface area contributed by atoms with Crippen molar-refractivity contribution in [2.45, 2.75) is 37.5 Å². The highest BCUT2D eigenvalue weighted by Gasteiger charge is 2.43. The van der Waals surface area contributed by atoms with Gasteiger partial charge in [0, 0.05) is 22.1 Å². The molecule has 0 bridgehead atoms. The molecule has 8 aromatic rings. The van der Waals surface area contributed by atoms with Gasteiger partial charge in [-0.25, -0.2) is 19.8 Å². The van der Waals surface area contributed by atoms with Crippen molar-refractivity contribution >= 4 is 5.69 Å². The standard InChI is InChI=1S/C52H38N4/c1-53-44-27-29-47-46(34-44)45-28-26-42(33-48(45)52(47)30-9-4-10-31-52)38-20-18-37(19-21-38)41-16-11-17-43(32-41)51-55-49(39-14-7-3-8-15-39)54-50(56-51)40-24-22-36(23-25-40)35-12-5-2-6-13-35/h2-3,5-8,11-29,32-34H,4,9-10,30-31H2. The van der Waals surface area contributed by atoms with E-state index in [1.807, 2.05) is 42.5 Å². The first-order valence-corrected chi connectivity index (χ1v) is 19.5. The highest BCUT2D eigenvalue weighted by Crippen LogP contribution is 2.57. The molecule has 1 aromatic heterocycles. The van der Waals surface area contributed by atoms with E-state index in [0.717, 1.165) is 33.4 Å². The van der Waals surface area contributed by atoms with E-state index >= 15 is 0 Å². The van der Waals surface area contributed by atoms with E-state index in [2.05, 4.69) is 132 Å². The number of fused-ring (bicyclic) bond motifs is 5. The molecule has 1 spiro atoms. The van der Waals surface area contributed by atoms with Gasteiger partial charge in [-0.15, -0.1) is 0 Å². The molecule has 0 atom stereocenters. The molecular formula is C52H38N4. The van der Waals surface area contributed by atoms with Crippen molar-refractivity contribution in [2.24, 2.45) is 0 Å². The molecule has 2 aliphatic rings. The molecule has 56 heavy (non-hydrogen) atoms. The van der Waals surface area contributed by atoms with Gasteiger partial charge in [-0.05, 0) is 86.7 Å². The van der Waals surface area contributed by atoms with Crippen molar-refractivity contribution in [2.75, 3.05) is 0 Å². The summed E-state index contributed by atoms with van der Waals surface area (Å²) in [6, 6.07) is 59.7. The fourth-order valence-corrected chi connectivity index (χ4v) is 8.92. The molecular weight excluding hydrogens is 681 g/mol. The van der Waals surface area contributed by atoms with Crippen LogP contribution >= 0.6 is 0 Å². The van der Waals surface area contributed by atoms with E-state index in [1.165, 1.54) is 71.0 Å². The highest BCUT2D eigenvalue weighted by atomic mass is 15.0. The first kappa shape index (κ1) is 33.6. The van der Waals surface area contributed by atoms with Gasteiger partial charge in [0.2, 0.25) is 0 Å². The van der Waals surface area contributed by atoms with Crippen molar-refractivity contribution in [1.29, 1.82) is 0 Å².